The molecule has 1 aromatic carbocycles. The smallest absolute Gasteiger partial charge is 0.335 e. The Kier molecular flexibility index (Phi) is 6.26. The highest BCUT2D eigenvalue weighted by Crippen LogP contribution is 2.26. The summed E-state index contributed by atoms with van der Waals surface area (Å²) in [5.74, 6) is 0.352. The number of aryl methyl sites for hydroxylation is 2. The summed E-state index contributed by atoms with van der Waals surface area (Å²) in [6.07, 6.45) is -3.54. The number of fused-ring (bicyclic) bond motifs is 1. The second kappa shape index (κ2) is 9.23. The number of benzene rings is 1. The van der Waals surface area contributed by atoms with Crippen molar-refractivity contribution in [2.24, 2.45) is 0 Å². The number of hydrogen-bond donors (Lipinski definition) is 0. The molecular formula is C23H25F3N6O2S. The van der Waals surface area contributed by atoms with Crippen LogP contribution in [0.1, 0.15) is 32.4 Å². The summed E-state index contributed by atoms with van der Waals surface area (Å²) in [5.41, 5.74) is 1.60. The fraction of sp³-hybridized carbons (Fsp3) is 0.478. The van der Waals surface area contributed by atoms with E-state index < -0.39 is 12.6 Å². The number of piperazine rings is 1. The monoisotopic (exact) mass is 506 g/mol. The maximum Gasteiger partial charge on any atom is 0.390 e. The Morgan fingerprint density at radius 1 is 1.09 bits per heavy atom. The number of imidazole rings is 1. The van der Waals surface area contributed by atoms with Crippen molar-refractivity contribution in [1.82, 2.24) is 29.2 Å². The molecule has 3 aromatic rings. The lowest BCUT2D eigenvalue weighted by Gasteiger charge is -2.48. The number of thiazole rings is 1. The molecular weight excluding hydrogens is 481 g/mol. The van der Waals surface area contributed by atoms with Crippen LogP contribution in [0, 0.1) is 6.92 Å². The van der Waals surface area contributed by atoms with Gasteiger partial charge in [0, 0.05) is 69.0 Å². The number of nitrogens with zero attached hydrogens (tertiary/aromatic N) is 6. The summed E-state index contributed by atoms with van der Waals surface area (Å²) >= 11 is 1.34. The van der Waals surface area contributed by atoms with E-state index in [1.807, 2.05) is 4.90 Å². The minimum absolute atomic E-state index is 0.0310. The predicted octanol–water partition coefficient (Wildman–Crippen LogP) is 3.04. The van der Waals surface area contributed by atoms with E-state index in [0.29, 0.717) is 53.6 Å². The first-order valence-electron chi connectivity index (χ1n) is 11.5. The minimum atomic E-state index is -4.24. The minimum Gasteiger partial charge on any atom is -0.335 e. The predicted molar refractivity (Wildman–Crippen MR) is 124 cm³/mol. The number of likely N-dealkylation sites (tertiary alicyclic amines) is 1. The molecule has 4 heterocycles. The second-order valence-corrected chi connectivity index (χ2v) is 9.80. The van der Waals surface area contributed by atoms with Crippen molar-refractivity contribution < 1.29 is 22.8 Å². The average Bonchev–Trinajstić information content (AvgIpc) is 3.43. The number of aromatic nitrogens is 3. The first kappa shape index (κ1) is 23.7. The van der Waals surface area contributed by atoms with Gasteiger partial charge in [-0.1, -0.05) is 0 Å². The van der Waals surface area contributed by atoms with E-state index in [4.69, 9.17) is 0 Å². The van der Waals surface area contributed by atoms with E-state index in [0.717, 1.165) is 13.1 Å². The number of halogens is 3. The average molecular weight is 507 g/mol. The topological polar surface area (TPSA) is 74.6 Å². The molecule has 0 bridgehead atoms. The molecule has 0 atom stereocenters. The van der Waals surface area contributed by atoms with Crippen LogP contribution in [-0.2, 0) is 6.54 Å². The van der Waals surface area contributed by atoms with E-state index in [1.54, 1.807) is 41.6 Å². The van der Waals surface area contributed by atoms with Crippen molar-refractivity contribution in [3.63, 3.8) is 0 Å². The molecule has 2 aliphatic heterocycles. The lowest BCUT2D eigenvalue weighted by Crippen LogP contribution is -2.64. The van der Waals surface area contributed by atoms with Gasteiger partial charge < -0.3 is 14.4 Å². The Hall–Kier alpha value is -2.99. The Labute approximate surface area is 204 Å². The number of amides is 2. The van der Waals surface area contributed by atoms with Crippen molar-refractivity contribution >= 4 is 34.2 Å². The van der Waals surface area contributed by atoms with Gasteiger partial charge in [-0.05, 0) is 25.1 Å². The molecule has 0 N–H and O–H groups in total. The normalized spacial score (nSPS) is 17.7. The number of alkyl halides is 3. The van der Waals surface area contributed by atoms with Crippen LogP contribution in [-0.4, -0.2) is 92.5 Å². The molecule has 0 aliphatic carbocycles. The zero-order valence-electron chi connectivity index (χ0n) is 19.2. The summed E-state index contributed by atoms with van der Waals surface area (Å²) in [7, 11) is 0. The number of carbonyl (C=O) groups is 2. The summed E-state index contributed by atoms with van der Waals surface area (Å²) in [6, 6.07) is 5.25. The summed E-state index contributed by atoms with van der Waals surface area (Å²) in [6.45, 7) is 5.46. The van der Waals surface area contributed by atoms with Crippen molar-refractivity contribution in [3.8, 4) is 0 Å². The van der Waals surface area contributed by atoms with Crippen molar-refractivity contribution in [1.29, 1.82) is 0 Å². The zero-order chi connectivity index (χ0) is 24.7. The molecule has 12 heteroatoms. The third-order valence-corrected chi connectivity index (χ3v) is 7.45. The summed E-state index contributed by atoms with van der Waals surface area (Å²) in [4.78, 5) is 39.8. The highest BCUT2D eigenvalue weighted by molar-refractivity contribution is 7.11. The first-order chi connectivity index (χ1) is 16.7. The molecule has 186 valence electrons. The van der Waals surface area contributed by atoms with E-state index in [2.05, 4.69) is 14.9 Å². The summed E-state index contributed by atoms with van der Waals surface area (Å²) < 4.78 is 39.5. The highest BCUT2D eigenvalue weighted by Gasteiger charge is 2.37. The number of carbonyl (C=O) groups excluding carboxylic acids is 2. The van der Waals surface area contributed by atoms with Gasteiger partial charge in [0.2, 0.25) is 0 Å². The van der Waals surface area contributed by atoms with Gasteiger partial charge >= 0.3 is 6.18 Å². The Morgan fingerprint density at radius 2 is 1.83 bits per heavy atom. The van der Waals surface area contributed by atoms with E-state index in [1.165, 1.54) is 15.9 Å². The van der Waals surface area contributed by atoms with Gasteiger partial charge in [-0.15, -0.1) is 11.3 Å². The van der Waals surface area contributed by atoms with Crippen LogP contribution >= 0.6 is 11.3 Å². The molecule has 35 heavy (non-hydrogen) atoms. The van der Waals surface area contributed by atoms with Gasteiger partial charge in [0.15, 0.2) is 5.01 Å². The van der Waals surface area contributed by atoms with Gasteiger partial charge in [0.25, 0.3) is 11.8 Å². The van der Waals surface area contributed by atoms with Crippen LogP contribution in [0.3, 0.4) is 0 Å². The molecule has 0 saturated carbocycles. The van der Waals surface area contributed by atoms with Crippen molar-refractivity contribution in [2.75, 3.05) is 39.3 Å². The van der Waals surface area contributed by atoms with Crippen molar-refractivity contribution in [3.05, 3.63) is 46.2 Å². The molecule has 2 aliphatic rings. The van der Waals surface area contributed by atoms with E-state index >= 15 is 0 Å². The first-order valence-corrected chi connectivity index (χ1v) is 12.3. The second-order valence-electron chi connectivity index (χ2n) is 8.91. The van der Waals surface area contributed by atoms with Gasteiger partial charge in [0.05, 0.1) is 17.5 Å². The third kappa shape index (κ3) is 4.90. The maximum absolute atomic E-state index is 13.0. The molecule has 2 aromatic heterocycles. The Balaban J connectivity index is 1.16. The largest absolute Gasteiger partial charge is 0.390 e. The fourth-order valence-corrected chi connectivity index (χ4v) is 5.30. The SMILES string of the molecule is Cc1nc2cc(C(=O)N3CC(N4CCN(C(=O)c5nccs5)CC4)C3)ccc2n1CCC(F)(F)F. The summed E-state index contributed by atoms with van der Waals surface area (Å²) in [5, 5.41) is 2.30. The number of hydrogen-bond acceptors (Lipinski definition) is 6. The lowest BCUT2D eigenvalue weighted by molar-refractivity contribution is -0.136. The van der Waals surface area contributed by atoms with Crippen LogP contribution < -0.4 is 0 Å². The zero-order valence-corrected chi connectivity index (χ0v) is 20.0. The quantitative estimate of drug-likeness (QED) is 0.532. The van der Waals surface area contributed by atoms with Crippen LogP contribution in [0.25, 0.3) is 11.0 Å². The van der Waals surface area contributed by atoms with Crippen LogP contribution in [0.15, 0.2) is 29.8 Å². The van der Waals surface area contributed by atoms with Gasteiger partial charge in [0.1, 0.15) is 5.82 Å². The third-order valence-electron chi connectivity index (χ3n) is 6.69. The molecule has 5 rings (SSSR count). The van der Waals surface area contributed by atoms with Crippen LogP contribution in [0.2, 0.25) is 0 Å². The highest BCUT2D eigenvalue weighted by atomic mass is 32.1. The van der Waals surface area contributed by atoms with Gasteiger partial charge in [-0.2, -0.15) is 13.2 Å². The van der Waals surface area contributed by atoms with Crippen LogP contribution in [0.4, 0.5) is 13.2 Å². The molecule has 2 amide bonds. The van der Waals surface area contributed by atoms with Gasteiger partial charge in [-0.3, -0.25) is 14.5 Å². The van der Waals surface area contributed by atoms with Gasteiger partial charge in [-0.25, -0.2) is 9.97 Å². The molecule has 2 saturated heterocycles. The van der Waals surface area contributed by atoms with Crippen LogP contribution in [0.5, 0.6) is 0 Å². The van der Waals surface area contributed by atoms with Crippen molar-refractivity contribution in [2.45, 2.75) is 32.1 Å². The number of rotatable bonds is 5. The van der Waals surface area contributed by atoms with E-state index in [9.17, 15) is 22.8 Å². The molecule has 0 unspecified atom stereocenters. The lowest BCUT2D eigenvalue weighted by atomic mass is 10.0. The molecule has 8 nitrogen and oxygen atoms in total. The standard InChI is InChI=1S/C23H25F3N6O2S/c1-15-28-18-12-16(2-3-19(18)32(15)6-4-23(24,25)26)21(33)31-13-17(14-31)29-7-9-30(10-8-29)22(34)20-27-5-11-35-20/h2-3,5,11-12,17H,4,6-10,13-14H2,1H3. The fourth-order valence-electron chi connectivity index (χ4n) is 4.69. The maximum atomic E-state index is 13.0. The van der Waals surface area contributed by atoms with E-state index in [-0.39, 0.29) is 24.4 Å². The molecule has 2 fully saturated rings. The molecule has 0 spiro atoms. The Bertz CT molecular complexity index is 1230. The molecule has 0 radical (unpaired) electrons. The Morgan fingerprint density at radius 3 is 2.49 bits per heavy atom.